The quantitative estimate of drug-likeness (QED) is 0.118. The highest BCUT2D eigenvalue weighted by Crippen LogP contribution is 2.38. The summed E-state index contributed by atoms with van der Waals surface area (Å²) in [4.78, 5) is 18.7. The average molecular weight is 769 g/mol. The predicted molar refractivity (Wildman–Crippen MR) is 226 cm³/mol. The number of ether oxygens (including phenoxy) is 2. The van der Waals surface area contributed by atoms with Crippen LogP contribution in [0.3, 0.4) is 0 Å². The maximum atomic E-state index is 10.4. The Balaban J connectivity index is 0.000000177. The van der Waals surface area contributed by atoms with Gasteiger partial charge in [-0.15, -0.1) is 0 Å². The number of rotatable bonds is 8. The maximum Gasteiger partial charge on any atom is 0.167 e. The molecule has 0 aliphatic heterocycles. The highest BCUT2D eigenvalue weighted by molar-refractivity contribution is 5.75. The first-order valence-corrected chi connectivity index (χ1v) is 18.3. The molecule has 0 saturated carbocycles. The number of hydrogen-bond donors (Lipinski definition) is 4. The fourth-order valence-corrected chi connectivity index (χ4v) is 6.41. The molecular weight excluding hydrogens is 729 g/mol. The van der Waals surface area contributed by atoms with E-state index >= 15 is 0 Å². The number of aryl methyl sites for hydroxylation is 2. The Labute approximate surface area is 336 Å². The number of aromatic hydroxyl groups is 4. The van der Waals surface area contributed by atoms with E-state index in [2.05, 4.69) is 19.9 Å². The zero-order valence-electron chi connectivity index (χ0n) is 32.3. The summed E-state index contributed by atoms with van der Waals surface area (Å²) >= 11 is 0. The molecule has 0 aliphatic rings. The first kappa shape index (κ1) is 38.6. The van der Waals surface area contributed by atoms with Crippen LogP contribution in [-0.4, -0.2) is 54.6 Å². The lowest BCUT2D eigenvalue weighted by Gasteiger charge is -2.10. The van der Waals surface area contributed by atoms with Gasteiger partial charge >= 0.3 is 0 Å². The summed E-state index contributed by atoms with van der Waals surface area (Å²) in [5, 5.41) is 41.4. The molecule has 8 rings (SSSR count). The highest BCUT2D eigenvalue weighted by Gasteiger charge is 2.15. The fraction of sp³-hybridized carbons (Fsp3) is 0.0833. The van der Waals surface area contributed by atoms with Crippen LogP contribution in [0.2, 0.25) is 0 Å². The molecule has 0 atom stereocenters. The zero-order chi connectivity index (χ0) is 40.8. The Morgan fingerprint density at radius 1 is 0.345 bits per heavy atom. The van der Waals surface area contributed by atoms with Crippen LogP contribution in [0, 0.1) is 13.8 Å². The fourth-order valence-electron chi connectivity index (χ4n) is 6.41. The Morgan fingerprint density at radius 3 is 0.948 bits per heavy atom. The van der Waals surface area contributed by atoms with E-state index in [4.69, 9.17) is 9.47 Å². The van der Waals surface area contributed by atoms with Gasteiger partial charge in [-0.1, -0.05) is 48.5 Å². The predicted octanol–water partition coefficient (Wildman–Crippen LogP) is 10.4. The van der Waals surface area contributed by atoms with Gasteiger partial charge in [-0.25, -0.2) is 19.9 Å². The molecule has 0 bridgehead atoms. The van der Waals surface area contributed by atoms with Crippen LogP contribution in [0.1, 0.15) is 11.1 Å². The summed E-state index contributed by atoms with van der Waals surface area (Å²) in [6, 6.07) is 43.9. The molecule has 288 valence electrons. The van der Waals surface area contributed by atoms with E-state index in [-0.39, 0.29) is 23.0 Å². The minimum absolute atomic E-state index is 0.0472. The van der Waals surface area contributed by atoms with Crippen molar-refractivity contribution in [3.63, 3.8) is 0 Å². The topological polar surface area (TPSA) is 151 Å². The van der Waals surface area contributed by atoms with Gasteiger partial charge in [0.15, 0.2) is 23.0 Å². The van der Waals surface area contributed by atoms with Gasteiger partial charge in [0.25, 0.3) is 0 Å². The SMILES string of the molecule is COc1cccc(-c2cccc(-c3cccc(-c4ccc(C)cc4O)n3)n2)c1O.COc1cccc(-c2cccc(-c3cccc(-c4ccc(C)cc4O)n3)n2)c1O. The van der Waals surface area contributed by atoms with Crippen molar-refractivity contribution in [2.75, 3.05) is 14.2 Å². The minimum Gasteiger partial charge on any atom is -0.507 e. The van der Waals surface area contributed by atoms with Crippen molar-refractivity contribution in [3.05, 3.63) is 157 Å². The molecule has 4 aromatic heterocycles. The number of aromatic nitrogens is 4. The molecule has 0 spiro atoms. The van der Waals surface area contributed by atoms with Crippen LogP contribution in [0.4, 0.5) is 0 Å². The number of nitrogens with zero attached hydrogens (tertiary/aromatic N) is 4. The van der Waals surface area contributed by atoms with E-state index < -0.39 is 0 Å². The van der Waals surface area contributed by atoms with Crippen molar-refractivity contribution < 1.29 is 29.9 Å². The van der Waals surface area contributed by atoms with Gasteiger partial charge in [0.05, 0.1) is 59.8 Å². The van der Waals surface area contributed by atoms with Gasteiger partial charge in [-0.2, -0.15) is 0 Å². The Morgan fingerprint density at radius 2 is 0.638 bits per heavy atom. The summed E-state index contributed by atoms with van der Waals surface area (Å²) < 4.78 is 10.4. The van der Waals surface area contributed by atoms with Crippen molar-refractivity contribution in [2.45, 2.75) is 13.8 Å². The van der Waals surface area contributed by atoms with Crippen LogP contribution in [0.15, 0.2) is 146 Å². The molecule has 8 aromatic rings. The van der Waals surface area contributed by atoms with Crippen molar-refractivity contribution in [1.82, 2.24) is 19.9 Å². The maximum absolute atomic E-state index is 10.4. The smallest absolute Gasteiger partial charge is 0.167 e. The standard InChI is InChI=1S/2C24H20N2O3/c2*1-15-12-13-16(22(27)14-15)18-7-4-9-20(25-18)21-10-5-8-19(26-21)17-6-3-11-23(29-2)24(17)28/h2*3-14,27-28H,1-2H3. The lowest BCUT2D eigenvalue weighted by atomic mass is 10.1. The lowest BCUT2D eigenvalue weighted by molar-refractivity contribution is 0.374. The van der Waals surface area contributed by atoms with E-state index in [9.17, 15) is 20.4 Å². The van der Waals surface area contributed by atoms with Gasteiger partial charge < -0.3 is 29.9 Å². The number of phenols is 4. The van der Waals surface area contributed by atoms with E-state index in [1.54, 1.807) is 48.5 Å². The Hall–Kier alpha value is -7.72. The van der Waals surface area contributed by atoms with Gasteiger partial charge in [0.1, 0.15) is 11.5 Å². The largest absolute Gasteiger partial charge is 0.507 e. The number of methoxy groups -OCH3 is 2. The van der Waals surface area contributed by atoms with Crippen LogP contribution in [0.5, 0.6) is 34.5 Å². The van der Waals surface area contributed by atoms with Gasteiger partial charge in [-0.05, 0) is 122 Å². The first-order valence-electron chi connectivity index (χ1n) is 18.3. The van der Waals surface area contributed by atoms with Gasteiger partial charge in [0, 0.05) is 22.3 Å². The third kappa shape index (κ3) is 8.26. The molecule has 0 fully saturated rings. The molecule has 4 aromatic carbocycles. The molecule has 10 heteroatoms. The number of benzene rings is 4. The third-order valence-corrected chi connectivity index (χ3v) is 9.37. The molecule has 0 saturated heterocycles. The number of pyridine rings is 4. The molecule has 10 nitrogen and oxygen atoms in total. The zero-order valence-corrected chi connectivity index (χ0v) is 32.3. The van der Waals surface area contributed by atoms with Crippen molar-refractivity contribution in [1.29, 1.82) is 0 Å². The molecule has 0 amide bonds. The minimum atomic E-state index is 0.0472. The lowest BCUT2D eigenvalue weighted by Crippen LogP contribution is -1.93. The average Bonchev–Trinajstić information content (AvgIpc) is 3.24. The third-order valence-electron chi connectivity index (χ3n) is 9.37. The Bertz CT molecular complexity index is 2560. The molecule has 4 N–H and O–H groups in total. The molecule has 0 aliphatic carbocycles. The summed E-state index contributed by atoms with van der Waals surface area (Å²) in [6.45, 7) is 3.85. The molecule has 0 unspecified atom stereocenters. The van der Waals surface area contributed by atoms with Crippen LogP contribution in [-0.2, 0) is 0 Å². The summed E-state index contributed by atoms with van der Waals surface area (Å²) in [7, 11) is 3.02. The molecule has 58 heavy (non-hydrogen) atoms. The summed E-state index contributed by atoms with van der Waals surface area (Å²) in [5.74, 6) is 1.27. The molecule has 0 radical (unpaired) electrons. The second-order valence-corrected chi connectivity index (χ2v) is 13.4. The summed E-state index contributed by atoms with van der Waals surface area (Å²) in [6.07, 6.45) is 0. The second kappa shape index (κ2) is 17.0. The second-order valence-electron chi connectivity index (χ2n) is 13.4. The van der Waals surface area contributed by atoms with E-state index in [1.165, 1.54) is 14.2 Å². The summed E-state index contributed by atoms with van der Waals surface area (Å²) in [5.41, 5.74) is 9.69. The van der Waals surface area contributed by atoms with Gasteiger partial charge in [-0.3, -0.25) is 0 Å². The van der Waals surface area contributed by atoms with Crippen LogP contribution in [0.25, 0.3) is 67.8 Å². The molecule has 4 heterocycles. The highest BCUT2D eigenvalue weighted by atomic mass is 16.5. The Kier molecular flexibility index (Phi) is 11.3. The van der Waals surface area contributed by atoms with E-state index in [0.29, 0.717) is 79.3 Å². The van der Waals surface area contributed by atoms with Crippen molar-refractivity contribution >= 4 is 0 Å². The first-order chi connectivity index (χ1) is 28.1. The monoisotopic (exact) mass is 768 g/mol. The number of para-hydroxylation sites is 2. The number of phenolic OH excluding ortho intramolecular Hbond substituents is 4. The number of hydrogen-bond acceptors (Lipinski definition) is 10. The van der Waals surface area contributed by atoms with Crippen LogP contribution >= 0.6 is 0 Å². The van der Waals surface area contributed by atoms with Crippen molar-refractivity contribution in [3.8, 4) is 102 Å². The normalized spacial score (nSPS) is 10.7. The van der Waals surface area contributed by atoms with Crippen molar-refractivity contribution in [2.24, 2.45) is 0 Å². The van der Waals surface area contributed by atoms with E-state index in [0.717, 1.165) is 11.1 Å². The van der Waals surface area contributed by atoms with Gasteiger partial charge in [0.2, 0.25) is 0 Å². The van der Waals surface area contributed by atoms with Crippen LogP contribution < -0.4 is 9.47 Å². The molecular formula is C48H40N4O6. The van der Waals surface area contributed by atoms with E-state index in [1.807, 2.05) is 111 Å².